The Morgan fingerprint density at radius 3 is 2.49 bits per heavy atom. The maximum Gasteiger partial charge on any atom is 0.317 e. The Morgan fingerprint density at radius 2 is 1.76 bits per heavy atom. The fraction of sp³-hybridized carbons (Fsp3) is 0.519. The molecule has 8 nitrogen and oxygen atoms in total. The smallest absolute Gasteiger partial charge is 0.317 e. The molecule has 2 heterocycles. The third-order valence-electron chi connectivity index (χ3n) is 7.62. The van der Waals surface area contributed by atoms with Crippen molar-refractivity contribution in [1.29, 1.82) is 0 Å². The predicted molar refractivity (Wildman–Crippen MR) is 136 cm³/mol. The maximum atomic E-state index is 15.7. The van der Waals surface area contributed by atoms with Crippen LogP contribution >= 0.6 is 0 Å². The summed E-state index contributed by atoms with van der Waals surface area (Å²) in [5, 5.41) is 3.06. The van der Waals surface area contributed by atoms with Gasteiger partial charge in [-0.2, -0.15) is 4.31 Å². The number of hydrogen-bond donors (Lipinski definition) is 1. The largest absolute Gasteiger partial charge is 0.371 e. The summed E-state index contributed by atoms with van der Waals surface area (Å²) in [5.41, 5.74) is -0.524. The van der Waals surface area contributed by atoms with Gasteiger partial charge >= 0.3 is 6.03 Å². The van der Waals surface area contributed by atoms with Crippen LogP contribution in [0.1, 0.15) is 37.7 Å². The first kappa shape index (κ1) is 26.1. The summed E-state index contributed by atoms with van der Waals surface area (Å²) in [6, 6.07) is 17.4. The molecule has 4 atom stereocenters. The molecule has 2 aliphatic heterocycles. The Bertz CT molecular complexity index is 1170. The van der Waals surface area contributed by atoms with Gasteiger partial charge < -0.3 is 19.7 Å². The van der Waals surface area contributed by atoms with Crippen molar-refractivity contribution in [2.75, 3.05) is 26.2 Å². The molecule has 37 heavy (non-hydrogen) atoms. The van der Waals surface area contributed by atoms with Gasteiger partial charge in [-0.15, -0.1) is 0 Å². The molecule has 10 heteroatoms. The van der Waals surface area contributed by atoms with Crippen LogP contribution in [0.15, 0.2) is 65.6 Å². The van der Waals surface area contributed by atoms with Crippen LogP contribution in [0, 0.1) is 0 Å². The Morgan fingerprint density at radius 1 is 1.05 bits per heavy atom. The van der Waals surface area contributed by atoms with E-state index in [1.807, 2.05) is 30.3 Å². The normalized spacial score (nSPS) is 28.9. The quantitative estimate of drug-likeness (QED) is 0.615. The predicted octanol–water partition coefficient (Wildman–Crippen LogP) is 3.69. The number of carbonyl (C=O) groups excluding carboxylic acids is 1. The highest BCUT2D eigenvalue weighted by atomic mass is 32.2. The maximum absolute atomic E-state index is 15.7. The number of amides is 2. The number of benzene rings is 2. The van der Waals surface area contributed by atoms with Gasteiger partial charge in [0, 0.05) is 19.5 Å². The van der Waals surface area contributed by atoms with E-state index in [2.05, 4.69) is 5.32 Å². The van der Waals surface area contributed by atoms with Crippen molar-refractivity contribution in [3.63, 3.8) is 0 Å². The zero-order valence-corrected chi connectivity index (χ0v) is 21.6. The second-order valence-electron chi connectivity index (χ2n) is 9.92. The first-order valence-electron chi connectivity index (χ1n) is 13.0. The molecular formula is C27H34FN3O5S. The third-order valence-corrected chi connectivity index (χ3v) is 9.56. The number of rotatable bonds is 6. The fourth-order valence-electron chi connectivity index (χ4n) is 5.61. The lowest BCUT2D eigenvalue weighted by Crippen LogP contribution is -2.64. The van der Waals surface area contributed by atoms with Crippen LogP contribution in [-0.4, -0.2) is 73.9 Å². The highest BCUT2D eigenvalue weighted by Gasteiger charge is 2.57. The second kappa shape index (κ2) is 11.1. The van der Waals surface area contributed by atoms with E-state index in [1.165, 1.54) is 17.0 Å². The summed E-state index contributed by atoms with van der Waals surface area (Å²) < 4.78 is 55.4. The zero-order valence-electron chi connectivity index (χ0n) is 20.8. The number of carbonyl (C=O) groups is 1. The topological polar surface area (TPSA) is 88.2 Å². The standard InChI is InChI=1S/C27H34FN3O5S/c28-25-19-30(16-15-27(25)31(17-18-36-27)37(33,34)22-11-5-2-6-12-22)26(32)29-23-13-7-8-14-24(23)35-20-21-9-3-1-4-10-21/h1-6,9-12,23-25H,7-8,13-20H2,(H,29,32)/t23-,24-,25?,27?/m1/s1. The average Bonchev–Trinajstić information content (AvgIpc) is 3.36. The Labute approximate surface area is 217 Å². The van der Waals surface area contributed by atoms with Gasteiger partial charge in [0.1, 0.15) is 0 Å². The summed E-state index contributed by atoms with van der Waals surface area (Å²) in [5.74, 6) is 0. The molecule has 1 N–H and O–H groups in total. The van der Waals surface area contributed by atoms with Gasteiger partial charge in [0.15, 0.2) is 11.9 Å². The molecule has 1 spiro atoms. The van der Waals surface area contributed by atoms with E-state index in [1.54, 1.807) is 18.2 Å². The molecule has 0 aromatic heterocycles. The van der Waals surface area contributed by atoms with E-state index in [9.17, 15) is 13.2 Å². The molecule has 1 saturated carbocycles. The van der Waals surface area contributed by atoms with Gasteiger partial charge in [0.25, 0.3) is 0 Å². The van der Waals surface area contributed by atoms with Crippen LogP contribution in [0.25, 0.3) is 0 Å². The first-order valence-corrected chi connectivity index (χ1v) is 14.4. The summed E-state index contributed by atoms with van der Waals surface area (Å²) in [4.78, 5) is 14.7. The van der Waals surface area contributed by atoms with E-state index in [4.69, 9.17) is 9.47 Å². The number of piperidine rings is 1. The molecule has 2 aromatic rings. The molecule has 2 amide bonds. The van der Waals surface area contributed by atoms with Crippen molar-refractivity contribution < 1.29 is 27.1 Å². The number of alkyl halides is 1. The molecule has 3 fully saturated rings. The molecule has 200 valence electrons. The minimum atomic E-state index is -3.94. The van der Waals surface area contributed by atoms with Gasteiger partial charge in [-0.05, 0) is 30.5 Å². The number of urea groups is 1. The van der Waals surface area contributed by atoms with Crippen molar-refractivity contribution in [2.24, 2.45) is 0 Å². The monoisotopic (exact) mass is 531 g/mol. The molecular weight excluding hydrogens is 497 g/mol. The lowest BCUT2D eigenvalue weighted by molar-refractivity contribution is -0.135. The van der Waals surface area contributed by atoms with Gasteiger partial charge in [-0.25, -0.2) is 17.6 Å². The molecule has 2 saturated heterocycles. The number of sulfonamides is 1. The number of nitrogens with zero attached hydrogens (tertiary/aromatic N) is 2. The van der Waals surface area contributed by atoms with Crippen LogP contribution in [0.3, 0.4) is 0 Å². The van der Waals surface area contributed by atoms with Gasteiger partial charge in [-0.3, -0.25) is 0 Å². The molecule has 2 unspecified atom stereocenters. The summed E-state index contributed by atoms with van der Waals surface area (Å²) in [6.45, 7) is 0.609. The molecule has 0 bridgehead atoms. The Balaban J connectivity index is 1.22. The van der Waals surface area contributed by atoms with Crippen molar-refractivity contribution in [2.45, 2.75) is 67.6 Å². The van der Waals surface area contributed by atoms with E-state index >= 15 is 4.39 Å². The van der Waals surface area contributed by atoms with Gasteiger partial charge in [0.2, 0.25) is 10.0 Å². The number of halogens is 1. The van der Waals surface area contributed by atoms with Crippen molar-refractivity contribution in [1.82, 2.24) is 14.5 Å². The van der Waals surface area contributed by atoms with Crippen LogP contribution in [0.5, 0.6) is 0 Å². The van der Waals surface area contributed by atoms with Crippen molar-refractivity contribution in [3.05, 3.63) is 66.2 Å². The second-order valence-corrected chi connectivity index (χ2v) is 11.8. The Kier molecular flexibility index (Phi) is 7.80. The highest BCUT2D eigenvalue weighted by Crippen LogP contribution is 2.40. The molecule has 0 radical (unpaired) electrons. The van der Waals surface area contributed by atoms with Gasteiger partial charge in [0.05, 0.1) is 36.8 Å². The van der Waals surface area contributed by atoms with Crippen LogP contribution < -0.4 is 5.32 Å². The number of nitrogens with one attached hydrogen (secondary N) is 1. The minimum Gasteiger partial charge on any atom is -0.371 e. The van der Waals surface area contributed by atoms with E-state index in [0.717, 1.165) is 35.6 Å². The van der Waals surface area contributed by atoms with Crippen LogP contribution in [0.2, 0.25) is 0 Å². The highest BCUT2D eigenvalue weighted by molar-refractivity contribution is 7.89. The molecule has 2 aromatic carbocycles. The van der Waals surface area contributed by atoms with Crippen LogP contribution in [0.4, 0.5) is 9.18 Å². The summed E-state index contributed by atoms with van der Waals surface area (Å²) in [7, 11) is -3.94. The summed E-state index contributed by atoms with van der Waals surface area (Å²) in [6.07, 6.45) is 1.95. The number of ether oxygens (including phenoxy) is 2. The lowest BCUT2D eigenvalue weighted by Gasteiger charge is -2.45. The molecule has 3 aliphatic rings. The zero-order chi connectivity index (χ0) is 25.9. The van der Waals surface area contributed by atoms with Crippen molar-refractivity contribution in [3.8, 4) is 0 Å². The first-order chi connectivity index (χ1) is 17.9. The van der Waals surface area contributed by atoms with Crippen molar-refractivity contribution >= 4 is 16.1 Å². The van der Waals surface area contributed by atoms with E-state index in [0.29, 0.717) is 6.61 Å². The van der Waals surface area contributed by atoms with Gasteiger partial charge in [-0.1, -0.05) is 61.4 Å². The van der Waals surface area contributed by atoms with Crippen LogP contribution in [-0.2, 0) is 26.1 Å². The SMILES string of the molecule is O=C(N[C@@H]1CCCC[C@H]1OCc1ccccc1)N1CCC2(OCCN2S(=O)(=O)c2ccccc2)C(F)C1. The van der Waals surface area contributed by atoms with E-state index in [-0.39, 0.29) is 55.7 Å². The fourth-order valence-corrected chi connectivity index (χ4v) is 7.34. The minimum absolute atomic E-state index is 0.0618. The molecule has 1 aliphatic carbocycles. The lowest BCUT2D eigenvalue weighted by atomic mass is 9.92. The summed E-state index contributed by atoms with van der Waals surface area (Å²) >= 11 is 0. The third kappa shape index (κ3) is 5.38. The number of hydrogen-bond acceptors (Lipinski definition) is 5. The van der Waals surface area contributed by atoms with E-state index < -0.39 is 21.9 Å². The number of likely N-dealkylation sites (tertiary alicyclic amines) is 1. The Hall–Kier alpha value is -2.53. The average molecular weight is 532 g/mol. The molecule has 5 rings (SSSR count).